The third-order valence-electron chi connectivity index (χ3n) is 5.53. The first kappa shape index (κ1) is 24.0. The van der Waals surface area contributed by atoms with Gasteiger partial charge in [0.2, 0.25) is 10.0 Å². The van der Waals surface area contributed by atoms with Crippen LogP contribution in [-0.2, 0) is 21.4 Å². The minimum atomic E-state index is -3.58. The van der Waals surface area contributed by atoms with Crippen molar-refractivity contribution in [2.75, 3.05) is 31.6 Å². The molecule has 9 heteroatoms. The molecule has 1 aliphatic heterocycles. The second-order valence-corrected chi connectivity index (χ2v) is 10.2. The van der Waals surface area contributed by atoms with E-state index >= 15 is 0 Å². The van der Waals surface area contributed by atoms with Crippen LogP contribution in [0, 0.1) is 0 Å². The van der Waals surface area contributed by atoms with Gasteiger partial charge in [0.25, 0.3) is 5.91 Å². The highest BCUT2D eigenvalue weighted by atomic mass is 32.2. The molecule has 4 rings (SSSR count). The molecule has 1 N–H and O–H groups in total. The second kappa shape index (κ2) is 10.4. The fourth-order valence-electron chi connectivity index (χ4n) is 3.52. The van der Waals surface area contributed by atoms with E-state index in [1.54, 1.807) is 24.3 Å². The van der Waals surface area contributed by atoms with Gasteiger partial charge in [-0.1, -0.05) is 26.0 Å². The van der Waals surface area contributed by atoms with E-state index in [1.807, 2.05) is 24.3 Å². The van der Waals surface area contributed by atoms with Crippen LogP contribution in [0.25, 0.3) is 0 Å². The number of ether oxygens (including phenoxy) is 2. The van der Waals surface area contributed by atoms with Crippen molar-refractivity contribution >= 4 is 21.6 Å². The van der Waals surface area contributed by atoms with E-state index in [1.165, 1.54) is 22.0 Å². The van der Waals surface area contributed by atoms with E-state index in [9.17, 15) is 13.2 Å². The Labute approximate surface area is 199 Å². The number of morpholine rings is 1. The number of benzene rings is 2. The van der Waals surface area contributed by atoms with Crippen molar-refractivity contribution in [1.29, 1.82) is 0 Å². The van der Waals surface area contributed by atoms with Crippen molar-refractivity contribution < 1.29 is 27.1 Å². The zero-order valence-corrected chi connectivity index (χ0v) is 20.0. The van der Waals surface area contributed by atoms with Crippen LogP contribution in [0.5, 0.6) is 5.75 Å². The van der Waals surface area contributed by atoms with Crippen molar-refractivity contribution in [2.24, 2.45) is 0 Å². The minimum absolute atomic E-state index is 0.138. The minimum Gasteiger partial charge on any atom is -0.486 e. The monoisotopic (exact) mass is 484 g/mol. The summed E-state index contributed by atoms with van der Waals surface area (Å²) in [5.41, 5.74) is 1.70. The first-order valence-corrected chi connectivity index (χ1v) is 12.6. The first-order valence-electron chi connectivity index (χ1n) is 11.1. The Balaban J connectivity index is 1.33. The van der Waals surface area contributed by atoms with Gasteiger partial charge in [-0.3, -0.25) is 4.79 Å². The van der Waals surface area contributed by atoms with Gasteiger partial charge in [0.15, 0.2) is 5.76 Å². The highest BCUT2D eigenvalue weighted by Crippen LogP contribution is 2.22. The molecule has 1 fully saturated rings. The van der Waals surface area contributed by atoms with E-state index in [-0.39, 0.29) is 17.3 Å². The highest BCUT2D eigenvalue weighted by molar-refractivity contribution is 7.89. The maximum atomic E-state index is 12.7. The van der Waals surface area contributed by atoms with Gasteiger partial charge >= 0.3 is 0 Å². The number of amides is 1. The van der Waals surface area contributed by atoms with Crippen LogP contribution >= 0.6 is 0 Å². The van der Waals surface area contributed by atoms with Crippen LogP contribution in [0.2, 0.25) is 0 Å². The van der Waals surface area contributed by atoms with Crippen molar-refractivity contribution in [3.05, 3.63) is 77.7 Å². The molecule has 1 aromatic heterocycles. The molecule has 0 saturated carbocycles. The van der Waals surface area contributed by atoms with Gasteiger partial charge in [0.1, 0.15) is 18.1 Å². The Morgan fingerprint density at radius 3 is 2.32 bits per heavy atom. The number of nitrogens with zero attached hydrogens (tertiary/aromatic N) is 1. The quantitative estimate of drug-likeness (QED) is 0.513. The van der Waals surface area contributed by atoms with E-state index in [4.69, 9.17) is 13.9 Å². The number of sulfonamides is 1. The molecule has 2 aromatic carbocycles. The van der Waals surface area contributed by atoms with Crippen LogP contribution in [-0.4, -0.2) is 44.9 Å². The number of anilines is 1. The Bertz CT molecular complexity index is 1210. The highest BCUT2D eigenvalue weighted by Gasteiger charge is 2.26. The number of hydrogen-bond acceptors (Lipinski definition) is 6. The van der Waals surface area contributed by atoms with Crippen molar-refractivity contribution in [2.45, 2.75) is 31.3 Å². The smallest absolute Gasteiger partial charge is 0.291 e. The van der Waals surface area contributed by atoms with Gasteiger partial charge in [-0.05, 0) is 60.0 Å². The summed E-state index contributed by atoms with van der Waals surface area (Å²) >= 11 is 0. The summed E-state index contributed by atoms with van der Waals surface area (Å²) in [6.07, 6.45) is 0. The maximum Gasteiger partial charge on any atom is 0.291 e. The summed E-state index contributed by atoms with van der Waals surface area (Å²) in [4.78, 5) is 12.7. The van der Waals surface area contributed by atoms with Crippen molar-refractivity contribution in [3.8, 4) is 5.75 Å². The third-order valence-corrected chi connectivity index (χ3v) is 7.45. The number of hydrogen-bond donors (Lipinski definition) is 1. The summed E-state index contributed by atoms with van der Waals surface area (Å²) < 4.78 is 43.4. The lowest BCUT2D eigenvalue weighted by Gasteiger charge is -2.26. The number of rotatable bonds is 8. The molecular weight excluding hydrogens is 456 g/mol. The molecule has 0 radical (unpaired) electrons. The number of carbonyl (C=O) groups is 1. The number of carbonyl (C=O) groups excluding carboxylic acids is 1. The van der Waals surface area contributed by atoms with Gasteiger partial charge in [-0.15, -0.1) is 0 Å². The lowest BCUT2D eigenvalue weighted by atomic mass is 10.0. The van der Waals surface area contributed by atoms with E-state index in [2.05, 4.69) is 19.2 Å². The first-order chi connectivity index (χ1) is 16.3. The van der Waals surface area contributed by atoms with Gasteiger partial charge < -0.3 is 19.2 Å². The normalized spacial score (nSPS) is 14.8. The van der Waals surface area contributed by atoms with Gasteiger partial charge in [0, 0.05) is 18.8 Å². The summed E-state index contributed by atoms with van der Waals surface area (Å²) in [6.45, 7) is 5.88. The molecular formula is C25H28N2O6S. The standard InChI is InChI=1S/C25H28N2O6S/c1-18(2)19-3-7-21(8-4-19)32-17-22-9-12-24(33-22)25(28)26-20-5-10-23(11-6-20)34(29,30)27-13-15-31-16-14-27/h3-12,18H,13-17H2,1-2H3,(H,26,28). The molecule has 0 spiro atoms. The Kier molecular flexibility index (Phi) is 7.35. The van der Waals surface area contributed by atoms with Crippen LogP contribution in [0.1, 0.15) is 41.6 Å². The SMILES string of the molecule is CC(C)c1ccc(OCc2ccc(C(=O)Nc3ccc(S(=O)(=O)N4CCOCC4)cc3)o2)cc1. The molecule has 1 aliphatic rings. The predicted octanol–water partition coefficient (Wildman–Crippen LogP) is 4.26. The Morgan fingerprint density at radius 1 is 1.00 bits per heavy atom. The van der Waals surface area contributed by atoms with Gasteiger partial charge in [0.05, 0.1) is 18.1 Å². The summed E-state index contributed by atoms with van der Waals surface area (Å²) in [5.74, 6) is 1.39. The summed E-state index contributed by atoms with van der Waals surface area (Å²) in [5, 5.41) is 2.72. The van der Waals surface area contributed by atoms with Crippen LogP contribution in [0.15, 0.2) is 70.0 Å². The second-order valence-electron chi connectivity index (χ2n) is 8.27. The third kappa shape index (κ3) is 5.67. The Hall–Kier alpha value is -3.14. The molecule has 0 aliphatic carbocycles. The van der Waals surface area contributed by atoms with E-state index < -0.39 is 15.9 Å². The molecule has 0 atom stereocenters. The topological polar surface area (TPSA) is 98.1 Å². The number of nitrogens with one attached hydrogen (secondary N) is 1. The molecule has 8 nitrogen and oxygen atoms in total. The average Bonchev–Trinajstić information content (AvgIpc) is 3.33. The molecule has 0 bridgehead atoms. The van der Waals surface area contributed by atoms with Crippen LogP contribution in [0.3, 0.4) is 0 Å². The largest absolute Gasteiger partial charge is 0.486 e. The van der Waals surface area contributed by atoms with E-state index in [0.29, 0.717) is 43.7 Å². The fourth-order valence-corrected chi connectivity index (χ4v) is 4.93. The zero-order valence-electron chi connectivity index (χ0n) is 19.2. The molecule has 3 aromatic rings. The lowest BCUT2D eigenvalue weighted by molar-refractivity contribution is 0.0730. The molecule has 0 unspecified atom stereocenters. The van der Waals surface area contributed by atoms with Crippen molar-refractivity contribution in [1.82, 2.24) is 4.31 Å². The Morgan fingerprint density at radius 2 is 1.68 bits per heavy atom. The fraction of sp³-hybridized carbons (Fsp3) is 0.320. The van der Waals surface area contributed by atoms with Crippen LogP contribution in [0.4, 0.5) is 5.69 Å². The lowest BCUT2D eigenvalue weighted by Crippen LogP contribution is -2.40. The molecule has 1 saturated heterocycles. The van der Waals surface area contributed by atoms with Crippen molar-refractivity contribution in [3.63, 3.8) is 0 Å². The van der Waals surface area contributed by atoms with E-state index in [0.717, 1.165) is 5.75 Å². The maximum absolute atomic E-state index is 12.7. The van der Waals surface area contributed by atoms with Gasteiger partial charge in [-0.2, -0.15) is 4.31 Å². The predicted molar refractivity (Wildman–Crippen MR) is 128 cm³/mol. The molecule has 1 amide bonds. The zero-order chi connectivity index (χ0) is 24.1. The van der Waals surface area contributed by atoms with Crippen LogP contribution < -0.4 is 10.1 Å². The molecule has 2 heterocycles. The average molecular weight is 485 g/mol. The van der Waals surface area contributed by atoms with Gasteiger partial charge in [-0.25, -0.2) is 8.42 Å². The molecule has 180 valence electrons. The summed E-state index contributed by atoms with van der Waals surface area (Å²) in [6, 6.07) is 17.2. The molecule has 34 heavy (non-hydrogen) atoms. The summed E-state index contributed by atoms with van der Waals surface area (Å²) in [7, 11) is -3.58. The number of furan rings is 1.